The molecule has 0 bridgehead atoms. The van der Waals surface area contributed by atoms with Gasteiger partial charge in [-0.1, -0.05) is 42.5 Å². The molecule has 1 aromatic heterocycles. The van der Waals surface area contributed by atoms with Gasteiger partial charge in [0.15, 0.2) is 0 Å². The zero-order chi connectivity index (χ0) is 24.4. The summed E-state index contributed by atoms with van der Waals surface area (Å²) in [5.41, 5.74) is 3.66. The number of non-ortho nitro benzene ring substituents is 1. The average molecular weight is 472 g/mol. The van der Waals surface area contributed by atoms with Gasteiger partial charge in [-0.15, -0.1) is 0 Å². The Bertz CT molecular complexity index is 1370. The number of nitro benzene ring substituents is 1. The molecule has 1 amide bonds. The standard InChI is InChI=1S/C28H26FN3O3/c29-22-12-10-20(11-13-22)18-31-19-26(24-8-1-2-9-27(24)31)25(17-28(33)30-14-3-4-15-30)21-6-5-7-23(16-21)32(34)35/h1-2,5-13,16,19,25H,3-4,14-15,17-18H2/t25-/m1/s1. The van der Waals surface area contributed by atoms with E-state index < -0.39 is 4.92 Å². The van der Waals surface area contributed by atoms with E-state index in [0.717, 1.165) is 53.5 Å². The second kappa shape index (κ2) is 9.70. The summed E-state index contributed by atoms with van der Waals surface area (Å²) in [6.45, 7) is 2.06. The number of fused-ring (bicyclic) bond motifs is 1. The molecule has 1 fully saturated rings. The highest BCUT2D eigenvalue weighted by Crippen LogP contribution is 2.37. The number of aromatic nitrogens is 1. The molecule has 0 N–H and O–H groups in total. The van der Waals surface area contributed by atoms with Crippen molar-refractivity contribution in [3.63, 3.8) is 0 Å². The lowest BCUT2D eigenvalue weighted by Crippen LogP contribution is -2.29. The van der Waals surface area contributed by atoms with Crippen LogP contribution in [0.15, 0.2) is 79.0 Å². The van der Waals surface area contributed by atoms with Gasteiger partial charge in [-0.25, -0.2) is 4.39 Å². The first-order chi connectivity index (χ1) is 17.0. The molecule has 3 aromatic carbocycles. The largest absolute Gasteiger partial charge is 0.343 e. The summed E-state index contributed by atoms with van der Waals surface area (Å²) < 4.78 is 15.5. The lowest BCUT2D eigenvalue weighted by atomic mass is 9.87. The van der Waals surface area contributed by atoms with Crippen LogP contribution in [0.4, 0.5) is 10.1 Å². The number of rotatable bonds is 7. The first-order valence-electron chi connectivity index (χ1n) is 11.8. The van der Waals surface area contributed by atoms with E-state index in [4.69, 9.17) is 0 Å². The summed E-state index contributed by atoms with van der Waals surface area (Å²) in [4.78, 5) is 26.2. The molecular formula is C28H26FN3O3. The van der Waals surface area contributed by atoms with Crippen molar-refractivity contribution >= 4 is 22.5 Å². The van der Waals surface area contributed by atoms with Crippen molar-refractivity contribution in [1.29, 1.82) is 0 Å². The molecule has 0 unspecified atom stereocenters. The molecule has 6 nitrogen and oxygen atoms in total. The second-order valence-electron chi connectivity index (χ2n) is 9.05. The lowest BCUT2D eigenvalue weighted by Gasteiger charge is -2.21. The van der Waals surface area contributed by atoms with Crippen LogP contribution in [0.3, 0.4) is 0 Å². The third-order valence-corrected chi connectivity index (χ3v) is 6.78. The Kier molecular flexibility index (Phi) is 6.31. The first kappa shape index (κ1) is 22.8. The maximum absolute atomic E-state index is 13.4. The predicted octanol–water partition coefficient (Wildman–Crippen LogP) is 5.88. The molecule has 1 saturated heterocycles. The molecule has 0 saturated carbocycles. The van der Waals surface area contributed by atoms with E-state index in [9.17, 15) is 19.3 Å². The number of amides is 1. The highest BCUT2D eigenvalue weighted by Gasteiger charge is 2.27. The van der Waals surface area contributed by atoms with E-state index >= 15 is 0 Å². The number of para-hydroxylation sites is 1. The Morgan fingerprint density at radius 2 is 1.74 bits per heavy atom. The summed E-state index contributed by atoms with van der Waals surface area (Å²) in [6, 6.07) is 21.0. The molecule has 1 aliphatic rings. The zero-order valence-corrected chi connectivity index (χ0v) is 19.3. The van der Waals surface area contributed by atoms with Gasteiger partial charge in [0.25, 0.3) is 5.69 Å². The van der Waals surface area contributed by atoms with E-state index in [-0.39, 0.29) is 29.8 Å². The van der Waals surface area contributed by atoms with Crippen LogP contribution in [-0.4, -0.2) is 33.4 Å². The van der Waals surface area contributed by atoms with Gasteiger partial charge in [0.2, 0.25) is 5.91 Å². The van der Waals surface area contributed by atoms with Gasteiger partial charge in [-0.3, -0.25) is 14.9 Å². The smallest absolute Gasteiger partial charge is 0.269 e. The third-order valence-electron chi connectivity index (χ3n) is 6.78. The quantitative estimate of drug-likeness (QED) is 0.250. The van der Waals surface area contributed by atoms with Gasteiger partial charge in [0.05, 0.1) is 4.92 Å². The number of benzene rings is 3. The molecule has 0 aliphatic carbocycles. The summed E-state index contributed by atoms with van der Waals surface area (Å²) >= 11 is 0. The molecule has 0 spiro atoms. The Morgan fingerprint density at radius 3 is 2.49 bits per heavy atom. The summed E-state index contributed by atoms with van der Waals surface area (Å²) in [7, 11) is 0. The highest BCUT2D eigenvalue weighted by molar-refractivity contribution is 5.87. The summed E-state index contributed by atoms with van der Waals surface area (Å²) in [6.07, 6.45) is 4.29. The van der Waals surface area contributed by atoms with Crippen molar-refractivity contribution in [3.05, 3.63) is 112 Å². The molecule has 1 atom stereocenters. The molecule has 0 radical (unpaired) electrons. The van der Waals surface area contributed by atoms with Crippen molar-refractivity contribution in [2.24, 2.45) is 0 Å². The van der Waals surface area contributed by atoms with E-state index in [1.54, 1.807) is 24.3 Å². The lowest BCUT2D eigenvalue weighted by molar-refractivity contribution is -0.384. The van der Waals surface area contributed by atoms with Crippen molar-refractivity contribution in [3.8, 4) is 0 Å². The van der Waals surface area contributed by atoms with Gasteiger partial charge in [-0.05, 0) is 47.7 Å². The van der Waals surface area contributed by atoms with Gasteiger partial charge >= 0.3 is 0 Å². The second-order valence-corrected chi connectivity index (χ2v) is 9.05. The molecule has 4 aromatic rings. The van der Waals surface area contributed by atoms with Crippen LogP contribution in [0, 0.1) is 15.9 Å². The molecule has 178 valence electrons. The normalized spacial score (nSPS) is 14.4. The molecule has 5 rings (SSSR count). The van der Waals surface area contributed by atoms with Crippen molar-refractivity contribution in [1.82, 2.24) is 9.47 Å². The van der Waals surface area contributed by atoms with Crippen LogP contribution in [0.1, 0.15) is 41.9 Å². The van der Waals surface area contributed by atoms with Gasteiger partial charge in [-0.2, -0.15) is 0 Å². The Hall–Kier alpha value is -4.00. The number of likely N-dealkylation sites (tertiary alicyclic amines) is 1. The van der Waals surface area contributed by atoms with Crippen LogP contribution in [0.2, 0.25) is 0 Å². The number of nitro groups is 1. The minimum atomic E-state index is -0.402. The first-order valence-corrected chi connectivity index (χ1v) is 11.8. The SMILES string of the molecule is O=C(C[C@H](c1cccc([N+](=O)[O-])c1)c1cn(Cc2ccc(F)cc2)c2ccccc12)N1CCCC1. The maximum atomic E-state index is 13.4. The average Bonchev–Trinajstić information content (AvgIpc) is 3.53. The van der Waals surface area contributed by atoms with Crippen molar-refractivity contribution in [2.45, 2.75) is 31.7 Å². The van der Waals surface area contributed by atoms with Gasteiger partial charge in [0.1, 0.15) is 5.82 Å². The van der Waals surface area contributed by atoms with E-state index in [2.05, 4.69) is 4.57 Å². The van der Waals surface area contributed by atoms with Crippen LogP contribution in [-0.2, 0) is 11.3 Å². The van der Waals surface area contributed by atoms with E-state index in [1.807, 2.05) is 41.4 Å². The van der Waals surface area contributed by atoms with Gasteiger partial charge in [0, 0.05) is 61.2 Å². The number of halogens is 1. The van der Waals surface area contributed by atoms with E-state index in [0.29, 0.717) is 6.54 Å². The van der Waals surface area contributed by atoms with Crippen LogP contribution >= 0.6 is 0 Å². The minimum Gasteiger partial charge on any atom is -0.343 e. The topological polar surface area (TPSA) is 68.4 Å². The third kappa shape index (κ3) is 4.80. The molecular weight excluding hydrogens is 445 g/mol. The van der Waals surface area contributed by atoms with Gasteiger partial charge < -0.3 is 9.47 Å². The van der Waals surface area contributed by atoms with E-state index in [1.165, 1.54) is 18.2 Å². The highest BCUT2D eigenvalue weighted by atomic mass is 19.1. The Morgan fingerprint density at radius 1 is 1.00 bits per heavy atom. The summed E-state index contributed by atoms with van der Waals surface area (Å²) in [5, 5.41) is 12.5. The van der Waals surface area contributed by atoms with Crippen molar-refractivity contribution in [2.75, 3.05) is 13.1 Å². The van der Waals surface area contributed by atoms with Crippen LogP contribution in [0.25, 0.3) is 10.9 Å². The van der Waals surface area contributed by atoms with Crippen molar-refractivity contribution < 1.29 is 14.1 Å². The fraction of sp³-hybridized carbons (Fsp3) is 0.250. The maximum Gasteiger partial charge on any atom is 0.269 e. The molecule has 2 heterocycles. The molecule has 7 heteroatoms. The number of nitrogens with zero attached hydrogens (tertiary/aromatic N) is 3. The van der Waals surface area contributed by atoms with Crippen LogP contribution < -0.4 is 0 Å². The predicted molar refractivity (Wildman–Crippen MR) is 133 cm³/mol. The minimum absolute atomic E-state index is 0.0103. The zero-order valence-electron chi connectivity index (χ0n) is 19.3. The number of hydrogen-bond donors (Lipinski definition) is 0. The number of hydrogen-bond acceptors (Lipinski definition) is 3. The fourth-order valence-electron chi connectivity index (χ4n) is 5.00. The Labute approximate surface area is 202 Å². The fourth-order valence-corrected chi connectivity index (χ4v) is 5.00. The number of carbonyl (C=O) groups excluding carboxylic acids is 1. The molecule has 1 aliphatic heterocycles. The summed E-state index contributed by atoms with van der Waals surface area (Å²) in [5.74, 6) is -0.547. The molecule has 35 heavy (non-hydrogen) atoms. The monoisotopic (exact) mass is 471 g/mol. The van der Waals surface area contributed by atoms with Crippen LogP contribution in [0.5, 0.6) is 0 Å². The number of carbonyl (C=O) groups is 1. The Balaban J connectivity index is 1.59.